The SMILES string of the molecule is CC1CCC2(CC1)NC(=O)N(NC(=O)COC(=O)c1nn(C)c(=O)c3ccccc13)C2=O. The van der Waals surface area contributed by atoms with Gasteiger partial charge in [0.2, 0.25) is 0 Å². The summed E-state index contributed by atoms with van der Waals surface area (Å²) < 4.78 is 6.04. The zero-order valence-electron chi connectivity index (χ0n) is 17.7. The summed E-state index contributed by atoms with van der Waals surface area (Å²) in [6, 6.07) is 5.70. The van der Waals surface area contributed by atoms with Crippen LogP contribution in [0.5, 0.6) is 0 Å². The van der Waals surface area contributed by atoms with Crippen LogP contribution in [0.15, 0.2) is 29.1 Å². The summed E-state index contributed by atoms with van der Waals surface area (Å²) in [5.41, 5.74) is 0.711. The highest BCUT2D eigenvalue weighted by Gasteiger charge is 2.52. The Morgan fingerprint density at radius 1 is 1.19 bits per heavy atom. The zero-order valence-corrected chi connectivity index (χ0v) is 17.7. The molecule has 1 saturated carbocycles. The summed E-state index contributed by atoms with van der Waals surface area (Å²) in [5.74, 6) is -1.81. The van der Waals surface area contributed by atoms with Gasteiger partial charge in [0.25, 0.3) is 17.4 Å². The first kappa shape index (κ1) is 21.5. The minimum absolute atomic E-state index is 0.124. The maximum Gasteiger partial charge on any atom is 0.359 e. The molecule has 11 heteroatoms. The number of ether oxygens (including phenoxy) is 1. The van der Waals surface area contributed by atoms with Crippen LogP contribution in [0, 0.1) is 5.92 Å². The lowest BCUT2D eigenvalue weighted by atomic mass is 9.77. The number of carbonyl (C=O) groups is 4. The third-order valence-electron chi connectivity index (χ3n) is 6.01. The monoisotopic (exact) mass is 441 g/mol. The number of imide groups is 1. The van der Waals surface area contributed by atoms with Crippen LogP contribution in [0.3, 0.4) is 0 Å². The number of esters is 1. The zero-order chi connectivity index (χ0) is 23.0. The third-order valence-corrected chi connectivity index (χ3v) is 6.01. The van der Waals surface area contributed by atoms with E-state index in [1.165, 1.54) is 7.05 Å². The van der Waals surface area contributed by atoms with Crippen LogP contribution in [0.2, 0.25) is 0 Å². The summed E-state index contributed by atoms with van der Waals surface area (Å²) in [6.07, 6.45) is 2.61. The predicted molar refractivity (Wildman–Crippen MR) is 111 cm³/mol. The van der Waals surface area contributed by atoms with Crippen LogP contribution in [0.25, 0.3) is 10.8 Å². The van der Waals surface area contributed by atoms with Crippen molar-refractivity contribution < 1.29 is 23.9 Å². The van der Waals surface area contributed by atoms with E-state index in [1.54, 1.807) is 24.3 Å². The van der Waals surface area contributed by atoms with Crippen LogP contribution in [0.4, 0.5) is 4.79 Å². The number of urea groups is 1. The summed E-state index contributed by atoms with van der Waals surface area (Å²) in [5, 5.41) is 7.85. The number of hydrazine groups is 1. The summed E-state index contributed by atoms with van der Waals surface area (Å²) in [7, 11) is 1.40. The van der Waals surface area contributed by atoms with Crippen molar-refractivity contribution in [1.82, 2.24) is 25.5 Å². The van der Waals surface area contributed by atoms with E-state index in [0.717, 1.165) is 17.5 Å². The maximum atomic E-state index is 12.8. The van der Waals surface area contributed by atoms with Crippen LogP contribution in [0.1, 0.15) is 43.1 Å². The Morgan fingerprint density at radius 3 is 2.53 bits per heavy atom. The lowest BCUT2D eigenvalue weighted by Gasteiger charge is -2.33. The van der Waals surface area contributed by atoms with Crippen LogP contribution < -0.4 is 16.3 Å². The molecule has 2 N–H and O–H groups in total. The smallest absolute Gasteiger partial charge is 0.359 e. The highest BCUT2D eigenvalue weighted by molar-refractivity contribution is 6.08. The van der Waals surface area contributed by atoms with Crippen molar-refractivity contribution in [2.75, 3.05) is 6.61 Å². The Hall–Kier alpha value is -3.76. The normalized spacial score (nSPS) is 22.8. The van der Waals surface area contributed by atoms with Crippen LogP contribution in [-0.2, 0) is 21.4 Å². The molecule has 11 nitrogen and oxygen atoms in total. The molecule has 2 heterocycles. The molecule has 0 unspecified atom stereocenters. The summed E-state index contributed by atoms with van der Waals surface area (Å²) >= 11 is 0. The first-order chi connectivity index (χ1) is 15.2. The number of nitrogens with one attached hydrogen (secondary N) is 2. The quantitative estimate of drug-likeness (QED) is 0.524. The van der Waals surface area contributed by atoms with Crippen molar-refractivity contribution in [3.8, 4) is 0 Å². The average Bonchev–Trinajstić information content (AvgIpc) is 3.00. The van der Waals surface area contributed by atoms with E-state index in [4.69, 9.17) is 4.74 Å². The molecule has 2 aliphatic rings. The number of hydrogen-bond acceptors (Lipinski definition) is 7. The number of amides is 4. The average molecular weight is 441 g/mol. The van der Waals surface area contributed by atoms with E-state index in [1.807, 2.05) is 0 Å². The van der Waals surface area contributed by atoms with Gasteiger partial charge in [-0.2, -0.15) is 10.1 Å². The molecule has 1 aliphatic heterocycles. The van der Waals surface area contributed by atoms with Gasteiger partial charge in [0.1, 0.15) is 5.54 Å². The van der Waals surface area contributed by atoms with Crippen molar-refractivity contribution in [1.29, 1.82) is 0 Å². The first-order valence-corrected chi connectivity index (χ1v) is 10.3. The van der Waals surface area contributed by atoms with E-state index in [0.29, 0.717) is 29.2 Å². The fraction of sp³-hybridized carbons (Fsp3) is 0.429. The van der Waals surface area contributed by atoms with Gasteiger partial charge in [-0.15, -0.1) is 0 Å². The van der Waals surface area contributed by atoms with Crippen molar-refractivity contribution in [3.63, 3.8) is 0 Å². The second-order valence-electron chi connectivity index (χ2n) is 8.27. The topological polar surface area (TPSA) is 140 Å². The largest absolute Gasteiger partial charge is 0.451 e. The molecule has 1 aromatic carbocycles. The molecule has 0 radical (unpaired) electrons. The highest BCUT2D eigenvalue weighted by atomic mass is 16.5. The second-order valence-corrected chi connectivity index (χ2v) is 8.27. The Bertz CT molecular complexity index is 1180. The fourth-order valence-corrected chi connectivity index (χ4v) is 4.12. The third kappa shape index (κ3) is 3.70. The molecule has 168 valence electrons. The van der Waals surface area contributed by atoms with E-state index >= 15 is 0 Å². The van der Waals surface area contributed by atoms with Crippen molar-refractivity contribution in [2.24, 2.45) is 13.0 Å². The van der Waals surface area contributed by atoms with Crippen molar-refractivity contribution >= 4 is 34.6 Å². The molecule has 32 heavy (non-hydrogen) atoms. The Balaban J connectivity index is 1.42. The van der Waals surface area contributed by atoms with Gasteiger partial charge in [-0.1, -0.05) is 25.1 Å². The number of fused-ring (bicyclic) bond motifs is 1. The number of benzene rings is 1. The molecular formula is C21H23N5O6. The van der Waals surface area contributed by atoms with Gasteiger partial charge in [0, 0.05) is 12.4 Å². The van der Waals surface area contributed by atoms with E-state index in [9.17, 15) is 24.0 Å². The number of aromatic nitrogens is 2. The lowest BCUT2D eigenvalue weighted by molar-refractivity contribution is -0.141. The fourth-order valence-electron chi connectivity index (χ4n) is 4.12. The van der Waals surface area contributed by atoms with Gasteiger partial charge in [-0.25, -0.2) is 14.3 Å². The van der Waals surface area contributed by atoms with Gasteiger partial charge in [-0.05, 0) is 37.7 Å². The van der Waals surface area contributed by atoms with E-state index in [2.05, 4.69) is 22.8 Å². The minimum atomic E-state index is -0.995. The number of aryl methyl sites for hydroxylation is 1. The molecular weight excluding hydrogens is 418 g/mol. The van der Waals surface area contributed by atoms with E-state index < -0.39 is 36.0 Å². The number of rotatable bonds is 4. The van der Waals surface area contributed by atoms with Crippen LogP contribution in [-0.4, -0.2) is 50.7 Å². The highest BCUT2D eigenvalue weighted by Crippen LogP contribution is 2.35. The first-order valence-electron chi connectivity index (χ1n) is 10.3. The molecule has 4 amide bonds. The molecule has 2 fully saturated rings. The maximum absolute atomic E-state index is 12.8. The number of hydrogen-bond donors (Lipinski definition) is 2. The van der Waals surface area contributed by atoms with Crippen LogP contribution >= 0.6 is 0 Å². The molecule has 0 atom stereocenters. The Morgan fingerprint density at radius 2 is 1.84 bits per heavy atom. The van der Waals surface area contributed by atoms with E-state index in [-0.39, 0.29) is 16.6 Å². The van der Waals surface area contributed by atoms with Crippen molar-refractivity contribution in [3.05, 3.63) is 40.3 Å². The van der Waals surface area contributed by atoms with Gasteiger partial charge in [0.05, 0.1) is 5.39 Å². The van der Waals surface area contributed by atoms with Gasteiger partial charge >= 0.3 is 12.0 Å². The van der Waals surface area contributed by atoms with Gasteiger partial charge in [-0.3, -0.25) is 19.8 Å². The van der Waals surface area contributed by atoms with Gasteiger partial charge < -0.3 is 10.1 Å². The Kier molecular flexibility index (Phi) is 5.41. The van der Waals surface area contributed by atoms with Crippen molar-refractivity contribution in [2.45, 2.75) is 38.1 Å². The van der Waals surface area contributed by atoms with Gasteiger partial charge in [0.15, 0.2) is 12.3 Å². The second kappa shape index (κ2) is 8.06. The summed E-state index contributed by atoms with van der Waals surface area (Å²) in [6.45, 7) is 1.35. The number of carbonyl (C=O) groups excluding carboxylic acids is 4. The molecule has 2 aromatic rings. The Labute approximate surface area is 182 Å². The molecule has 1 aromatic heterocycles. The molecule has 1 aliphatic carbocycles. The molecule has 0 bridgehead atoms. The molecule has 4 rings (SSSR count). The number of nitrogens with zero attached hydrogens (tertiary/aromatic N) is 3. The minimum Gasteiger partial charge on any atom is -0.451 e. The lowest BCUT2D eigenvalue weighted by Crippen LogP contribution is -2.52. The predicted octanol–water partition coefficient (Wildman–Crippen LogP) is 0.622. The molecule has 1 spiro atoms. The standard InChI is InChI=1S/C21H23N5O6/c1-12-7-9-21(10-8-12)19(30)26(20(31)22-21)23-15(27)11-32-18(29)16-13-5-3-4-6-14(13)17(28)25(2)24-16/h3-6,12H,7-11H2,1-2H3,(H,22,31)(H,23,27). The molecule has 1 saturated heterocycles. The summed E-state index contributed by atoms with van der Waals surface area (Å²) in [4.78, 5) is 62.1.